The summed E-state index contributed by atoms with van der Waals surface area (Å²) in [7, 11) is -3.97. The van der Waals surface area contributed by atoms with Crippen molar-refractivity contribution in [3.05, 3.63) is 96.1 Å². The van der Waals surface area contributed by atoms with E-state index in [1.54, 1.807) is 30.3 Å². The Morgan fingerprint density at radius 2 is 1.60 bits per heavy atom. The molecule has 1 heterocycles. The van der Waals surface area contributed by atoms with E-state index in [-0.39, 0.29) is 11.4 Å². The predicted molar refractivity (Wildman–Crippen MR) is 141 cm³/mol. The summed E-state index contributed by atoms with van der Waals surface area (Å²) >= 11 is 2.78. The molecular weight excluding hydrogens is 501 g/mol. The molecule has 0 aliphatic carbocycles. The summed E-state index contributed by atoms with van der Waals surface area (Å²) in [6.07, 6.45) is 0.622. The molecule has 7 nitrogen and oxygen atoms in total. The van der Waals surface area contributed by atoms with Crippen molar-refractivity contribution in [1.82, 2.24) is 10.2 Å². The Morgan fingerprint density at radius 3 is 2.31 bits per heavy atom. The van der Waals surface area contributed by atoms with Gasteiger partial charge in [-0.05, 0) is 35.7 Å². The first kappa shape index (κ1) is 24.9. The first-order valence-electron chi connectivity index (χ1n) is 10.9. The van der Waals surface area contributed by atoms with Crippen LogP contribution in [0.3, 0.4) is 0 Å². The molecule has 0 aliphatic rings. The molecule has 35 heavy (non-hydrogen) atoms. The van der Waals surface area contributed by atoms with Crippen LogP contribution in [0.25, 0.3) is 0 Å². The number of thioether (sulfide) groups is 1. The van der Waals surface area contributed by atoms with Crippen LogP contribution in [0.5, 0.6) is 0 Å². The highest BCUT2D eigenvalue weighted by molar-refractivity contribution is 8.00. The molecule has 1 N–H and O–H groups in total. The third-order valence-corrected chi connectivity index (χ3v) is 8.93. The molecule has 10 heteroatoms. The largest absolute Gasteiger partial charge is 0.299 e. The van der Waals surface area contributed by atoms with E-state index in [4.69, 9.17) is 0 Å². The van der Waals surface area contributed by atoms with Crippen LogP contribution in [-0.4, -0.2) is 31.1 Å². The summed E-state index contributed by atoms with van der Waals surface area (Å²) in [6, 6.07) is 25.3. The predicted octanol–water partition coefficient (Wildman–Crippen LogP) is 5.23. The topological polar surface area (TPSA) is 92.3 Å². The molecule has 0 bridgehead atoms. The lowest BCUT2D eigenvalue weighted by Crippen LogP contribution is -2.38. The van der Waals surface area contributed by atoms with Gasteiger partial charge in [0.25, 0.3) is 10.0 Å². The zero-order valence-electron chi connectivity index (χ0n) is 19.0. The number of nitrogens with zero attached hydrogens (tertiary/aromatic N) is 3. The number of rotatable bonds is 10. The van der Waals surface area contributed by atoms with E-state index in [2.05, 4.69) is 15.5 Å². The van der Waals surface area contributed by atoms with Crippen LogP contribution in [0.2, 0.25) is 0 Å². The second kappa shape index (κ2) is 11.5. The average molecular weight is 525 g/mol. The maximum atomic E-state index is 13.5. The lowest BCUT2D eigenvalue weighted by atomic mass is 10.1. The first-order valence-corrected chi connectivity index (χ1v) is 14.2. The third-order valence-electron chi connectivity index (χ3n) is 5.12. The van der Waals surface area contributed by atoms with Crippen LogP contribution in [0.15, 0.2) is 94.2 Å². The second-order valence-corrected chi connectivity index (χ2v) is 11.6. The molecule has 0 aliphatic heterocycles. The zero-order valence-corrected chi connectivity index (χ0v) is 21.4. The van der Waals surface area contributed by atoms with E-state index in [1.165, 1.54) is 35.2 Å². The van der Waals surface area contributed by atoms with Gasteiger partial charge in [0.15, 0.2) is 4.34 Å². The minimum Gasteiger partial charge on any atom is -0.299 e. The van der Waals surface area contributed by atoms with Gasteiger partial charge in [-0.15, -0.1) is 10.2 Å². The van der Waals surface area contributed by atoms with Crippen LogP contribution in [0, 0.1) is 0 Å². The van der Waals surface area contributed by atoms with Crippen molar-refractivity contribution in [2.24, 2.45) is 0 Å². The van der Waals surface area contributed by atoms with Gasteiger partial charge in [0.2, 0.25) is 11.0 Å². The molecule has 1 amide bonds. The van der Waals surface area contributed by atoms with Crippen molar-refractivity contribution in [3.63, 3.8) is 0 Å². The Balaban J connectivity index is 1.52. The van der Waals surface area contributed by atoms with E-state index < -0.39 is 15.9 Å². The summed E-state index contributed by atoms with van der Waals surface area (Å²) < 4.78 is 28.9. The molecule has 0 fully saturated rings. The quantitative estimate of drug-likeness (QED) is 0.226. The average Bonchev–Trinajstić information content (AvgIpc) is 3.34. The highest BCUT2D eigenvalue weighted by atomic mass is 32.2. The highest BCUT2D eigenvalue weighted by Crippen LogP contribution is 2.30. The number of carbonyl (C=O) groups is 1. The number of nitrogens with one attached hydrogen (secondary N) is 1. The number of hydrogen-bond acceptors (Lipinski definition) is 7. The molecule has 0 atom stereocenters. The van der Waals surface area contributed by atoms with Gasteiger partial charge in [0.05, 0.1) is 10.6 Å². The fourth-order valence-corrected chi connectivity index (χ4v) is 6.60. The number of amides is 1. The van der Waals surface area contributed by atoms with Crippen molar-refractivity contribution in [2.75, 3.05) is 16.2 Å². The number of aromatic nitrogens is 2. The van der Waals surface area contributed by atoms with Crippen LogP contribution in [-0.2, 0) is 27.0 Å². The van der Waals surface area contributed by atoms with Gasteiger partial charge >= 0.3 is 0 Å². The standard InChI is InChI=1S/C25H24N4O3S3/c1-2-20-13-9-10-16-22(20)29(35(31,32)21-14-7-4-8-15-21)17-23(30)26-24-27-28-25(34-24)33-18-19-11-5-3-6-12-19/h3-16H,2,17-18H2,1H3,(H,26,27,30). The maximum absolute atomic E-state index is 13.5. The molecule has 180 valence electrons. The fourth-order valence-electron chi connectivity index (χ4n) is 3.40. The van der Waals surface area contributed by atoms with Crippen molar-refractivity contribution < 1.29 is 13.2 Å². The number of carbonyl (C=O) groups excluding carboxylic acids is 1. The lowest BCUT2D eigenvalue weighted by molar-refractivity contribution is -0.114. The Labute approximate surface area is 213 Å². The molecular formula is C25H24N4O3S3. The normalized spacial score (nSPS) is 11.2. The monoisotopic (exact) mass is 524 g/mol. The zero-order chi connectivity index (χ0) is 24.7. The molecule has 4 aromatic rings. The van der Waals surface area contributed by atoms with E-state index in [1.807, 2.05) is 49.4 Å². The summed E-state index contributed by atoms with van der Waals surface area (Å²) in [5, 5.41) is 11.2. The SMILES string of the molecule is CCc1ccccc1N(CC(=O)Nc1nnc(SCc2ccccc2)s1)S(=O)(=O)c1ccccc1. The minimum absolute atomic E-state index is 0.120. The van der Waals surface area contributed by atoms with Crippen molar-refractivity contribution >= 4 is 49.8 Å². The van der Waals surface area contributed by atoms with E-state index in [0.717, 1.165) is 21.2 Å². The smallest absolute Gasteiger partial charge is 0.264 e. The van der Waals surface area contributed by atoms with Crippen LogP contribution >= 0.6 is 23.1 Å². The van der Waals surface area contributed by atoms with Gasteiger partial charge in [0.1, 0.15) is 6.54 Å². The summed E-state index contributed by atoms with van der Waals surface area (Å²) in [5.74, 6) is 0.242. The van der Waals surface area contributed by atoms with Crippen LogP contribution in [0.1, 0.15) is 18.1 Å². The van der Waals surface area contributed by atoms with Crippen molar-refractivity contribution in [3.8, 4) is 0 Å². The minimum atomic E-state index is -3.97. The molecule has 0 unspecified atom stereocenters. The summed E-state index contributed by atoms with van der Waals surface area (Å²) in [4.78, 5) is 13.1. The van der Waals surface area contributed by atoms with E-state index >= 15 is 0 Å². The number of anilines is 2. The Morgan fingerprint density at radius 1 is 0.943 bits per heavy atom. The molecule has 0 spiro atoms. The number of para-hydroxylation sites is 1. The maximum Gasteiger partial charge on any atom is 0.264 e. The highest BCUT2D eigenvalue weighted by Gasteiger charge is 2.28. The van der Waals surface area contributed by atoms with Gasteiger partial charge in [-0.25, -0.2) is 8.42 Å². The van der Waals surface area contributed by atoms with Crippen molar-refractivity contribution in [1.29, 1.82) is 0 Å². The second-order valence-electron chi connectivity index (χ2n) is 7.50. The third kappa shape index (κ3) is 6.27. The van der Waals surface area contributed by atoms with Crippen LogP contribution in [0.4, 0.5) is 10.8 Å². The molecule has 0 radical (unpaired) electrons. The Hall–Kier alpha value is -3.21. The first-order chi connectivity index (χ1) is 17.0. The summed E-state index contributed by atoms with van der Waals surface area (Å²) in [6.45, 7) is 1.56. The van der Waals surface area contributed by atoms with E-state index in [0.29, 0.717) is 21.6 Å². The Bertz CT molecular complexity index is 1380. The van der Waals surface area contributed by atoms with Gasteiger partial charge in [-0.2, -0.15) is 0 Å². The van der Waals surface area contributed by atoms with Crippen LogP contribution < -0.4 is 9.62 Å². The number of sulfonamides is 1. The van der Waals surface area contributed by atoms with Gasteiger partial charge in [-0.3, -0.25) is 14.4 Å². The number of hydrogen-bond donors (Lipinski definition) is 1. The van der Waals surface area contributed by atoms with Gasteiger partial charge < -0.3 is 0 Å². The molecule has 4 rings (SSSR count). The summed E-state index contributed by atoms with van der Waals surface area (Å²) in [5.41, 5.74) is 2.47. The fraction of sp³-hybridized carbons (Fsp3) is 0.160. The Kier molecular flexibility index (Phi) is 8.17. The molecule has 0 saturated heterocycles. The molecule has 3 aromatic carbocycles. The van der Waals surface area contributed by atoms with Crippen molar-refractivity contribution in [2.45, 2.75) is 28.3 Å². The number of aryl methyl sites for hydroxylation is 1. The number of benzene rings is 3. The lowest BCUT2D eigenvalue weighted by Gasteiger charge is -2.26. The molecule has 0 saturated carbocycles. The van der Waals surface area contributed by atoms with E-state index in [9.17, 15) is 13.2 Å². The molecule has 1 aromatic heterocycles. The van der Waals surface area contributed by atoms with Gasteiger partial charge in [0, 0.05) is 5.75 Å². The van der Waals surface area contributed by atoms with Gasteiger partial charge in [-0.1, -0.05) is 96.8 Å².